The molecule has 1 fully saturated rings. The van der Waals surface area contributed by atoms with Crippen molar-refractivity contribution in [1.82, 2.24) is 9.88 Å². The van der Waals surface area contributed by atoms with Crippen LogP contribution in [0, 0.1) is 0 Å². The number of nitrogens with zero attached hydrogens (tertiary/aromatic N) is 2. The van der Waals surface area contributed by atoms with E-state index >= 15 is 0 Å². The number of rotatable bonds is 3. The van der Waals surface area contributed by atoms with Crippen LogP contribution in [0.15, 0.2) is 24.5 Å². The molecular weight excluding hydrogens is 192 g/mol. The molecule has 4 nitrogen and oxygen atoms in total. The average molecular weight is 208 g/mol. The first kappa shape index (κ1) is 10.5. The molecule has 2 atom stereocenters. The molecule has 2 unspecified atom stereocenters. The standard InChI is InChI=1S/C11H16N2O2/c1-2-13-7-10(8-14)15-11(13)9-3-5-12-6-4-9/h3-6,10-11,14H,2,7-8H2,1H3. The Bertz CT molecular complexity index is 305. The first-order valence-electron chi connectivity index (χ1n) is 5.25. The van der Waals surface area contributed by atoms with Crippen molar-refractivity contribution in [2.24, 2.45) is 0 Å². The SMILES string of the molecule is CCN1CC(CO)OC1c1ccncc1. The summed E-state index contributed by atoms with van der Waals surface area (Å²) < 4.78 is 5.75. The Morgan fingerprint density at radius 3 is 2.87 bits per heavy atom. The van der Waals surface area contributed by atoms with Crippen LogP contribution in [0.3, 0.4) is 0 Å². The Balaban J connectivity index is 2.14. The van der Waals surface area contributed by atoms with Crippen molar-refractivity contribution in [3.05, 3.63) is 30.1 Å². The van der Waals surface area contributed by atoms with E-state index in [4.69, 9.17) is 9.84 Å². The van der Waals surface area contributed by atoms with Gasteiger partial charge in [-0.25, -0.2) is 0 Å². The van der Waals surface area contributed by atoms with E-state index in [1.165, 1.54) is 0 Å². The van der Waals surface area contributed by atoms with Gasteiger partial charge in [-0.2, -0.15) is 0 Å². The summed E-state index contributed by atoms with van der Waals surface area (Å²) in [6.45, 7) is 3.89. The molecule has 1 saturated heterocycles. The lowest BCUT2D eigenvalue weighted by molar-refractivity contribution is -0.0184. The lowest BCUT2D eigenvalue weighted by Crippen LogP contribution is -2.25. The van der Waals surface area contributed by atoms with Crippen molar-refractivity contribution >= 4 is 0 Å². The molecular formula is C11H16N2O2. The van der Waals surface area contributed by atoms with Gasteiger partial charge in [0.15, 0.2) is 0 Å². The first-order chi connectivity index (χ1) is 7.35. The highest BCUT2D eigenvalue weighted by Crippen LogP contribution is 2.29. The minimum absolute atomic E-state index is 0.0323. The van der Waals surface area contributed by atoms with Crippen molar-refractivity contribution in [3.63, 3.8) is 0 Å². The quantitative estimate of drug-likeness (QED) is 0.798. The summed E-state index contributed by atoms with van der Waals surface area (Å²) in [5.74, 6) is 0. The zero-order valence-electron chi connectivity index (χ0n) is 8.84. The van der Waals surface area contributed by atoms with Gasteiger partial charge in [0.2, 0.25) is 0 Å². The minimum Gasteiger partial charge on any atom is -0.394 e. The molecule has 2 rings (SSSR count). The number of aromatic nitrogens is 1. The van der Waals surface area contributed by atoms with Crippen LogP contribution in [0.2, 0.25) is 0 Å². The summed E-state index contributed by atoms with van der Waals surface area (Å²) in [7, 11) is 0. The molecule has 0 spiro atoms. The predicted molar refractivity (Wildman–Crippen MR) is 56.2 cm³/mol. The fourth-order valence-corrected chi connectivity index (χ4v) is 1.88. The summed E-state index contributed by atoms with van der Waals surface area (Å²) >= 11 is 0. The molecule has 2 heterocycles. The van der Waals surface area contributed by atoms with Gasteiger partial charge in [0, 0.05) is 18.9 Å². The van der Waals surface area contributed by atoms with Gasteiger partial charge in [-0.3, -0.25) is 9.88 Å². The van der Waals surface area contributed by atoms with Crippen LogP contribution in [0.1, 0.15) is 18.7 Å². The number of hydrogen-bond donors (Lipinski definition) is 1. The average Bonchev–Trinajstić information content (AvgIpc) is 2.73. The molecule has 82 valence electrons. The van der Waals surface area contributed by atoms with Gasteiger partial charge in [0.05, 0.1) is 12.7 Å². The Morgan fingerprint density at radius 2 is 2.27 bits per heavy atom. The predicted octanol–water partition coefficient (Wildman–Crippen LogP) is 0.793. The summed E-state index contributed by atoms with van der Waals surface area (Å²) in [5, 5.41) is 9.08. The number of likely N-dealkylation sites (N-methyl/N-ethyl adjacent to an activating group) is 1. The third kappa shape index (κ3) is 2.17. The fourth-order valence-electron chi connectivity index (χ4n) is 1.88. The third-order valence-electron chi connectivity index (χ3n) is 2.69. The second-order valence-electron chi connectivity index (χ2n) is 3.66. The van der Waals surface area contributed by atoms with Crippen molar-refractivity contribution in [2.45, 2.75) is 19.3 Å². The number of aliphatic hydroxyl groups is 1. The molecule has 1 aliphatic rings. The van der Waals surface area contributed by atoms with Crippen LogP contribution in [-0.4, -0.2) is 40.8 Å². The Kier molecular flexibility index (Phi) is 3.30. The molecule has 1 aromatic heterocycles. The monoisotopic (exact) mass is 208 g/mol. The van der Waals surface area contributed by atoms with E-state index in [1.54, 1.807) is 12.4 Å². The van der Waals surface area contributed by atoms with Gasteiger partial charge in [0.1, 0.15) is 6.23 Å². The van der Waals surface area contributed by atoms with Crippen molar-refractivity contribution in [2.75, 3.05) is 19.7 Å². The number of aliphatic hydroxyl groups excluding tert-OH is 1. The van der Waals surface area contributed by atoms with Crippen LogP contribution in [-0.2, 0) is 4.74 Å². The van der Waals surface area contributed by atoms with Gasteiger partial charge in [-0.1, -0.05) is 6.92 Å². The van der Waals surface area contributed by atoms with Crippen molar-refractivity contribution in [3.8, 4) is 0 Å². The number of ether oxygens (including phenoxy) is 1. The third-order valence-corrected chi connectivity index (χ3v) is 2.69. The molecule has 0 saturated carbocycles. The minimum atomic E-state index is -0.0666. The molecule has 0 aromatic carbocycles. The summed E-state index contributed by atoms with van der Waals surface area (Å²) in [4.78, 5) is 6.19. The van der Waals surface area contributed by atoms with E-state index < -0.39 is 0 Å². The molecule has 4 heteroatoms. The molecule has 0 radical (unpaired) electrons. The summed E-state index contributed by atoms with van der Waals surface area (Å²) in [6.07, 6.45) is 3.43. The lowest BCUT2D eigenvalue weighted by Gasteiger charge is -2.20. The van der Waals surface area contributed by atoms with Crippen LogP contribution < -0.4 is 0 Å². The van der Waals surface area contributed by atoms with Gasteiger partial charge in [-0.05, 0) is 24.2 Å². The Labute approximate surface area is 89.5 Å². The van der Waals surface area contributed by atoms with E-state index in [0.717, 1.165) is 18.7 Å². The summed E-state index contributed by atoms with van der Waals surface area (Å²) in [6, 6.07) is 3.90. The zero-order valence-corrected chi connectivity index (χ0v) is 8.84. The maximum absolute atomic E-state index is 9.08. The number of pyridine rings is 1. The van der Waals surface area contributed by atoms with Gasteiger partial charge in [-0.15, -0.1) is 0 Å². The second kappa shape index (κ2) is 4.70. The highest BCUT2D eigenvalue weighted by molar-refractivity contribution is 5.14. The molecule has 0 bridgehead atoms. The van der Waals surface area contributed by atoms with Crippen LogP contribution in [0.4, 0.5) is 0 Å². The highest BCUT2D eigenvalue weighted by Gasteiger charge is 2.32. The van der Waals surface area contributed by atoms with Gasteiger partial charge < -0.3 is 9.84 Å². The zero-order chi connectivity index (χ0) is 10.7. The topological polar surface area (TPSA) is 45.6 Å². The maximum Gasteiger partial charge on any atom is 0.137 e. The van der Waals surface area contributed by atoms with Crippen LogP contribution >= 0.6 is 0 Å². The molecule has 1 N–H and O–H groups in total. The van der Waals surface area contributed by atoms with E-state index in [0.29, 0.717) is 0 Å². The molecule has 0 amide bonds. The van der Waals surface area contributed by atoms with E-state index in [-0.39, 0.29) is 18.9 Å². The molecule has 1 aromatic rings. The van der Waals surface area contributed by atoms with E-state index in [9.17, 15) is 0 Å². The smallest absolute Gasteiger partial charge is 0.137 e. The van der Waals surface area contributed by atoms with E-state index in [2.05, 4.69) is 16.8 Å². The Hall–Kier alpha value is -0.970. The second-order valence-corrected chi connectivity index (χ2v) is 3.66. The van der Waals surface area contributed by atoms with Crippen LogP contribution in [0.25, 0.3) is 0 Å². The molecule has 0 aliphatic carbocycles. The van der Waals surface area contributed by atoms with Gasteiger partial charge >= 0.3 is 0 Å². The number of hydrogen-bond acceptors (Lipinski definition) is 4. The summed E-state index contributed by atoms with van der Waals surface area (Å²) in [5.41, 5.74) is 1.10. The van der Waals surface area contributed by atoms with Crippen molar-refractivity contribution < 1.29 is 9.84 Å². The molecule has 15 heavy (non-hydrogen) atoms. The van der Waals surface area contributed by atoms with Crippen molar-refractivity contribution in [1.29, 1.82) is 0 Å². The largest absolute Gasteiger partial charge is 0.394 e. The maximum atomic E-state index is 9.08. The fraction of sp³-hybridized carbons (Fsp3) is 0.545. The highest BCUT2D eigenvalue weighted by atomic mass is 16.5. The first-order valence-corrected chi connectivity index (χ1v) is 5.25. The lowest BCUT2D eigenvalue weighted by atomic mass is 10.2. The van der Waals surface area contributed by atoms with Crippen LogP contribution in [0.5, 0.6) is 0 Å². The van der Waals surface area contributed by atoms with Gasteiger partial charge in [0.25, 0.3) is 0 Å². The van der Waals surface area contributed by atoms with E-state index in [1.807, 2.05) is 12.1 Å². The Morgan fingerprint density at radius 1 is 1.53 bits per heavy atom. The molecule has 1 aliphatic heterocycles. The normalized spacial score (nSPS) is 27.1.